The van der Waals surface area contributed by atoms with Crippen molar-refractivity contribution in [2.24, 2.45) is 0 Å². The van der Waals surface area contributed by atoms with Crippen LogP contribution < -0.4 is 5.32 Å². The lowest BCUT2D eigenvalue weighted by Gasteiger charge is -2.14. The molecule has 2 aromatic rings. The highest BCUT2D eigenvalue weighted by Gasteiger charge is 2.09. The van der Waals surface area contributed by atoms with Crippen molar-refractivity contribution in [3.63, 3.8) is 0 Å². The molecule has 0 spiro atoms. The summed E-state index contributed by atoms with van der Waals surface area (Å²) in [6.45, 7) is 4.85. The number of hydrogen-bond donors (Lipinski definition) is 1. The number of halogens is 2. The fourth-order valence-electron chi connectivity index (χ4n) is 1.73. The second-order valence-corrected chi connectivity index (χ2v) is 4.53. The molecule has 96 valence electrons. The van der Waals surface area contributed by atoms with Crippen molar-refractivity contribution in [2.45, 2.75) is 26.4 Å². The van der Waals surface area contributed by atoms with Crippen LogP contribution in [0, 0.1) is 5.82 Å². The monoisotopic (exact) mass is 267 g/mol. The maximum Gasteiger partial charge on any atom is 0.141 e. The van der Waals surface area contributed by atoms with Crippen molar-refractivity contribution in [1.82, 2.24) is 9.78 Å². The van der Waals surface area contributed by atoms with Crippen molar-refractivity contribution < 1.29 is 4.39 Å². The molecule has 0 aliphatic rings. The highest BCUT2D eigenvalue weighted by Crippen LogP contribution is 2.23. The number of aryl methyl sites for hydroxylation is 1. The SMILES string of the molecule is CCn1cc(NC(C)c2ccc(F)c(Cl)c2)cn1. The molecule has 0 radical (unpaired) electrons. The van der Waals surface area contributed by atoms with Crippen LogP contribution in [0.5, 0.6) is 0 Å². The molecule has 0 amide bonds. The summed E-state index contributed by atoms with van der Waals surface area (Å²) in [5.74, 6) is -0.397. The summed E-state index contributed by atoms with van der Waals surface area (Å²) in [5, 5.41) is 7.62. The summed E-state index contributed by atoms with van der Waals surface area (Å²) in [5.41, 5.74) is 1.87. The van der Waals surface area contributed by atoms with Crippen LogP contribution in [-0.4, -0.2) is 9.78 Å². The number of benzene rings is 1. The maximum absolute atomic E-state index is 13.1. The third-order valence-corrected chi connectivity index (χ3v) is 3.07. The first kappa shape index (κ1) is 12.9. The molecule has 1 aromatic heterocycles. The van der Waals surface area contributed by atoms with Gasteiger partial charge in [0.1, 0.15) is 5.82 Å². The summed E-state index contributed by atoms with van der Waals surface area (Å²) in [4.78, 5) is 0. The first-order valence-electron chi connectivity index (χ1n) is 5.84. The van der Waals surface area contributed by atoms with Gasteiger partial charge in [-0.3, -0.25) is 4.68 Å². The summed E-state index contributed by atoms with van der Waals surface area (Å²) in [6.07, 6.45) is 3.70. The van der Waals surface area contributed by atoms with Crippen LogP contribution in [0.2, 0.25) is 5.02 Å². The molecule has 1 heterocycles. The third kappa shape index (κ3) is 2.82. The minimum atomic E-state index is -0.397. The molecule has 1 atom stereocenters. The average Bonchev–Trinajstić information content (AvgIpc) is 2.80. The summed E-state index contributed by atoms with van der Waals surface area (Å²) in [6, 6.07) is 4.78. The van der Waals surface area contributed by atoms with E-state index in [2.05, 4.69) is 10.4 Å². The van der Waals surface area contributed by atoms with E-state index in [1.54, 1.807) is 18.3 Å². The Morgan fingerprint density at radius 2 is 2.28 bits per heavy atom. The third-order valence-electron chi connectivity index (χ3n) is 2.78. The van der Waals surface area contributed by atoms with E-state index in [9.17, 15) is 4.39 Å². The molecule has 1 N–H and O–H groups in total. The smallest absolute Gasteiger partial charge is 0.141 e. The number of nitrogens with one attached hydrogen (secondary N) is 1. The molecule has 0 saturated heterocycles. The van der Waals surface area contributed by atoms with Gasteiger partial charge in [-0.25, -0.2) is 4.39 Å². The average molecular weight is 268 g/mol. The summed E-state index contributed by atoms with van der Waals surface area (Å²) < 4.78 is 14.9. The van der Waals surface area contributed by atoms with Gasteiger partial charge in [-0.15, -0.1) is 0 Å². The first-order valence-corrected chi connectivity index (χ1v) is 6.22. The van der Waals surface area contributed by atoms with Gasteiger partial charge >= 0.3 is 0 Å². The molecule has 0 saturated carbocycles. The second kappa shape index (κ2) is 5.40. The molecular weight excluding hydrogens is 253 g/mol. The Balaban J connectivity index is 2.11. The van der Waals surface area contributed by atoms with Crippen LogP contribution in [0.3, 0.4) is 0 Å². The number of nitrogens with zero attached hydrogens (tertiary/aromatic N) is 2. The Labute approximate surface area is 111 Å². The van der Waals surface area contributed by atoms with Crippen LogP contribution >= 0.6 is 11.6 Å². The number of anilines is 1. The Kier molecular flexibility index (Phi) is 3.87. The van der Waals surface area contributed by atoms with Gasteiger partial charge in [-0.1, -0.05) is 17.7 Å². The molecule has 0 aliphatic heterocycles. The normalized spacial score (nSPS) is 12.4. The van der Waals surface area contributed by atoms with Gasteiger partial charge in [0, 0.05) is 18.8 Å². The van der Waals surface area contributed by atoms with Crippen molar-refractivity contribution in [1.29, 1.82) is 0 Å². The molecule has 5 heteroatoms. The van der Waals surface area contributed by atoms with Gasteiger partial charge in [0.05, 0.1) is 16.9 Å². The van der Waals surface area contributed by atoms with Gasteiger partial charge in [0.25, 0.3) is 0 Å². The number of hydrogen-bond acceptors (Lipinski definition) is 2. The number of rotatable bonds is 4. The maximum atomic E-state index is 13.1. The van der Waals surface area contributed by atoms with Crippen molar-refractivity contribution in [2.75, 3.05) is 5.32 Å². The minimum Gasteiger partial charge on any atom is -0.376 e. The Morgan fingerprint density at radius 1 is 1.50 bits per heavy atom. The molecule has 18 heavy (non-hydrogen) atoms. The molecule has 0 fully saturated rings. The van der Waals surface area contributed by atoms with Gasteiger partial charge < -0.3 is 5.32 Å². The van der Waals surface area contributed by atoms with Crippen LogP contribution in [0.1, 0.15) is 25.5 Å². The van der Waals surface area contributed by atoms with E-state index >= 15 is 0 Å². The van der Waals surface area contributed by atoms with E-state index in [1.165, 1.54) is 6.07 Å². The van der Waals surface area contributed by atoms with E-state index in [1.807, 2.05) is 24.7 Å². The van der Waals surface area contributed by atoms with E-state index in [0.717, 1.165) is 17.8 Å². The molecule has 1 aromatic carbocycles. The predicted molar refractivity (Wildman–Crippen MR) is 71.3 cm³/mol. The molecular formula is C13H15ClFN3. The van der Waals surface area contributed by atoms with Gasteiger partial charge in [-0.2, -0.15) is 5.10 Å². The fourth-order valence-corrected chi connectivity index (χ4v) is 1.92. The zero-order valence-corrected chi connectivity index (χ0v) is 11.1. The zero-order chi connectivity index (χ0) is 13.1. The second-order valence-electron chi connectivity index (χ2n) is 4.12. The molecule has 0 aliphatic carbocycles. The van der Waals surface area contributed by atoms with E-state index < -0.39 is 5.82 Å². The van der Waals surface area contributed by atoms with Gasteiger partial charge in [0.15, 0.2) is 0 Å². The topological polar surface area (TPSA) is 29.9 Å². The lowest BCUT2D eigenvalue weighted by atomic mass is 10.1. The Hall–Kier alpha value is -1.55. The zero-order valence-electron chi connectivity index (χ0n) is 10.3. The van der Waals surface area contributed by atoms with Crippen LogP contribution in [0.4, 0.5) is 10.1 Å². The molecule has 0 bridgehead atoms. The van der Waals surface area contributed by atoms with E-state index in [4.69, 9.17) is 11.6 Å². The highest BCUT2D eigenvalue weighted by molar-refractivity contribution is 6.30. The Bertz CT molecular complexity index is 539. The van der Waals surface area contributed by atoms with Crippen molar-refractivity contribution >= 4 is 17.3 Å². The van der Waals surface area contributed by atoms with Crippen LogP contribution in [0.25, 0.3) is 0 Å². The predicted octanol–water partition coefficient (Wildman–Crippen LogP) is 3.87. The van der Waals surface area contributed by atoms with Crippen LogP contribution in [0.15, 0.2) is 30.6 Å². The van der Waals surface area contributed by atoms with Crippen molar-refractivity contribution in [3.8, 4) is 0 Å². The fraction of sp³-hybridized carbons (Fsp3) is 0.308. The summed E-state index contributed by atoms with van der Waals surface area (Å²) in [7, 11) is 0. The minimum absolute atomic E-state index is 0.0395. The quantitative estimate of drug-likeness (QED) is 0.911. The standard InChI is InChI=1S/C13H15ClFN3/c1-3-18-8-11(7-16-18)17-9(2)10-4-5-13(15)12(14)6-10/h4-9,17H,3H2,1-2H3. The van der Waals surface area contributed by atoms with E-state index in [-0.39, 0.29) is 11.1 Å². The number of aromatic nitrogens is 2. The largest absolute Gasteiger partial charge is 0.376 e. The Morgan fingerprint density at radius 3 is 2.89 bits per heavy atom. The van der Waals surface area contributed by atoms with Crippen LogP contribution in [-0.2, 0) is 6.54 Å². The lowest BCUT2D eigenvalue weighted by Crippen LogP contribution is -2.06. The molecule has 3 nitrogen and oxygen atoms in total. The molecule has 2 rings (SSSR count). The van der Waals surface area contributed by atoms with E-state index in [0.29, 0.717) is 0 Å². The summed E-state index contributed by atoms with van der Waals surface area (Å²) >= 11 is 5.77. The first-order chi connectivity index (χ1) is 8.60. The highest BCUT2D eigenvalue weighted by atomic mass is 35.5. The van der Waals surface area contributed by atoms with Gasteiger partial charge in [0.2, 0.25) is 0 Å². The van der Waals surface area contributed by atoms with Crippen molar-refractivity contribution in [3.05, 3.63) is 47.0 Å². The lowest BCUT2D eigenvalue weighted by molar-refractivity contribution is 0.627. The van der Waals surface area contributed by atoms with Gasteiger partial charge in [-0.05, 0) is 31.5 Å². The molecule has 1 unspecified atom stereocenters.